The number of hydrogen-bond acceptors (Lipinski definition) is 7. The van der Waals surface area contributed by atoms with Crippen molar-refractivity contribution in [3.8, 4) is 11.3 Å². The number of rotatable bonds is 6. The molecule has 0 bridgehead atoms. The van der Waals surface area contributed by atoms with Crippen LogP contribution in [0.15, 0.2) is 60.7 Å². The average molecular weight is 470 g/mol. The lowest BCUT2D eigenvalue weighted by Crippen LogP contribution is -2.06. The maximum Gasteiger partial charge on any atom is 0.303 e. The molecular formula is C21H13Cl2N5O4. The molecule has 32 heavy (non-hydrogen) atoms. The van der Waals surface area contributed by atoms with E-state index in [1.807, 2.05) is 6.07 Å². The zero-order valence-electron chi connectivity index (χ0n) is 16.2. The SMILES string of the molecule is O=[N+]([O-])c1cc([N+](=O)[O-])c2nc(-c3ccccc3)c(NCc3ccc(Cl)c(Cl)c3)nc2c1. The Balaban J connectivity index is 1.87. The molecule has 11 heteroatoms. The highest BCUT2D eigenvalue weighted by Gasteiger charge is 2.23. The van der Waals surface area contributed by atoms with E-state index in [0.717, 1.165) is 17.7 Å². The van der Waals surface area contributed by atoms with Gasteiger partial charge in [0.05, 0.1) is 26.0 Å². The molecule has 0 unspecified atom stereocenters. The molecule has 0 aliphatic heterocycles. The number of nitrogens with one attached hydrogen (secondary N) is 1. The van der Waals surface area contributed by atoms with Gasteiger partial charge in [0.25, 0.3) is 5.69 Å². The first kappa shape index (κ1) is 21.4. The van der Waals surface area contributed by atoms with Crippen LogP contribution in [0, 0.1) is 20.2 Å². The summed E-state index contributed by atoms with van der Waals surface area (Å²) in [7, 11) is 0. The van der Waals surface area contributed by atoms with E-state index in [1.54, 1.807) is 42.5 Å². The summed E-state index contributed by atoms with van der Waals surface area (Å²) < 4.78 is 0. The Morgan fingerprint density at radius 2 is 1.62 bits per heavy atom. The maximum absolute atomic E-state index is 11.6. The minimum atomic E-state index is -0.707. The van der Waals surface area contributed by atoms with E-state index in [2.05, 4.69) is 15.3 Å². The number of non-ortho nitro benzene ring substituents is 2. The van der Waals surface area contributed by atoms with E-state index >= 15 is 0 Å². The molecule has 1 heterocycles. The first-order chi connectivity index (χ1) is 15.3. The Hall–Kier alpha value is -3.82. The number of nitro benzene ring substituents is 2. The van der Waals surface area contributed by atoms with Crippen LogP contribution in [-0.2, 0) is 6.54 Å². The zero-order chi connectivity index (χ0) is 22.8. The highest BCUT2D eigenvalue weighted by atomic mass is 35.5. The second-order valence-electron chi connectivity index (χ2n) is 6.74. The molecule has 0 radical (unpaired) electrons. The number of halogens is 2. The zero-order valence-corrected chi connectivity index (χ0v) is 17.7. The average Bonchev–Trinajstić information content (AvgIpc) is 2.78. The van der Waals surface area contributed by atoms with Gasteiger partial charge in [0, 0.05) is 18.2 Å². The molecule has 0 amide bonds. The van der Waals surface area contributed by atoms with Crippen LogP contribution in [0.3, 0.4) is 0 Å². The summed E-state index contributed by atoms with van der Waals surface area (Å²) in [6, 6.07) is 16.2. The Labute approximate surface area is 190 Å². The van der Waals surface area contributed by atoms with Crippen LogP contribution in [0.2, 0.25) is 10.0 Å². The third-order valence-electron chi connectivity index (χ3n) is 4.63. The van der Waals surface area contributed by atoms with E-state index in [1.165, 1.54) is 0 Å². The smallest absolute Gasteiger partial charge is 0.303 e. The molecule has 0 saturated heterocycles. The number of fused-ring (bicyclic) bond motifs is 1. The summed E-state index contributed by atoms with van der Waals surface area (Å²) in [6.07, 6.45) is 0. The van der Waals surface area contributed by atoms with E-state index in [4.69, 9.17) is 23.2 Å². The lowest BCUT2D eigenvalue weighted by Gasteiger charge is -2.13. The molecule has 0 fully saturated rings. The highest BCUT2D eigenvalue weighted by Crippen LogP contribution is 2.34. The lowest BCUT2D eigenvalue weighted by molar-refractivity contribution is -0.393. The van der Waals surface area contributed by atoms with Crippen molar-refractivity contribution in [3.05, 3.63) is 96.5 Å². The van der Waals surface area contributed by atoms with Crippen molar-refractivity contribution in [1.29, 1.82) is 0 Å². The molecule has 1 N–H and O–H groups in total. The fourth-order valence-electron chi connectivity index (χ4n) is 3.13. The van der Waals surface area contributed by atoms with Crippen molar-refractivity contribution in [1.82, 2.24) is 9.97 Å². The van der Waals surface area contributed by atoms with Crippen LogP contribution >= 0.6 is 23.2 Å². The molecule has 3 aromatic carbocycles. The quantitative estimate of drug-likeness (QED) is 0.269. The summed E-state index contributed by atoms with van der Waals surface area (Å²) >= 11 is 12.0. The van der Waals surface area contributed by atoms with Gasteiger partial charge < -0.3 is 5.32 Å². The standard InChI is InChI=1S/C21H13Cl2N5O4/c22-15-7-6-12(8-16(15)23)11-24-21-19(13-4-2-1-3-5-13)26-20-17(25-21)9-14(27(29)30)10-18(20)28(31)32/h1-10H,11H2,(H,24,25). The summed E-state index contributed by atoms with van der Waals surface area (Å²) in [5.74, 6) is 0.310. The molecule has 160 valence electrons. The van der Waals surface area contributed by atoms with Crippen LogP contribution in [0.4, 0.5) is 17.2 Å². The van der Waals surface area contributed by atoms with Gasteiger partial charge in [-0.25, -0.2) is 9.97 Å². The lowest BCUT2D eigenvalue weighted by atomic mass is 10.1. The minimum Gasteiger partial charge on any atom is -0.364 e. The van der Waals surface area contributed by atoms with Crippen LogP contribution in [0.5, 0.6) is 0 Å². The van der Waals surface area contributed by atoms with Crippen LogP contribution in [0.25, 0.3) is 22.3 Å². The second-order valence-corrected chi connectivity index (χ2v) is 7.55. The molecule has 0 aliphatic rings. The number of benzene rings is 3. The van der Waals surface area contributed by atoms with Crippen molar-refractivity contribution < 1.29 is 9.85 Å². The molecule has 0 aliphatic carbocycles. The number of nitro groups is 2. The topological polar surface area (TPSA) is 124 Å². The molecule has 0 saturated carbocycles. The summed E-state index contributed by atoms with van der Waals surface area (Å²) in [5.41, 5.74) is 0.907. The Kier molecular flexibility index (Phi) is 5.85. The van der Waals surface area contributed by atoms with Crippen LogP contribution in [-0.4, -0.2) is 19.8 Å². The van der Waals surface area contributed by atoms with Crippen LogP contribution < -0.4 is 5.32 Å². The molecule has 1 aromatic heterocycles. The van der Waals surface area contributed by atoms with Gasteiger partial charge in [-0.3, -0.25) is 20.2 Å². The van der Waals surface area contributed by atoms with Gasteiger partial charge in [-0.15, -0.1) is 0 Å². The molecule has 4 rings (SSSR count). The van der Waals surface area contributed by atoms with Crippen LogP contribution in [0.1, 0.15) is 5.56 Å². The molecule has 0 atom stereocenters. The first-order valence-corrected chi connectivity index (χ1v) is 9.97. The predicted molar refractivity (Wildman–Crippen MR) is 122 cm³/mol. The van der Waals surface area contributed by atoms with E-state index in [9.17, 15) is 20.2 Å². The van der Waals surface area contributed by atoms with Crippen molar-refractivity contribution in [2.75, 3.05) is 5.32 Å². The normalized spacial score (nSPS) is 10.8. The van der Waals surface area contributed by atoms with E-state index in [0.29, 0.717) is 33.7 Å². The van der Waals surface area contributed by atoms with Gasteiger partial charge in [-0.05, 0) is 17.7 Å². The number of anilines is 1. The Bertz CT molecular complexity index is 1370. The Morgan fingerprint density at radius 3 is 2.28 bits per heavy atom. The second kappa shape index (κ2) is 8.74. The predicted octanol–water partition coefficient (Wildman–Crippen LogP) is 6.03. The molecule has 9 nitrogen and oxygen atoms in total. The monoisotopic (exact) mass is 469 g/mol. The summed E-state index contributed by atoms with van der Waals surface area (Å²) in [6.45, 7) is 0.300. The summed E-state index contributed by atoms with van der Waals surface area (Å²) in [4.78, 5) is 30.3. The van der Waals surface area contributed by atoms with Gasteiger partial charge in [0.15, 0.2) is 11.3 Å². The largest absolute Gasteiger partial charge is 0.364 e. The summed E-state index contributed by atoms with van der Waals surface area (Å²) in [5, 5.41) is 26.8. The maximum atomic E-state index is 11.6. The third-order valence-corrected chi connectivity index (χ3v) is 5.37. The van der Waals surface area contributed by atoms with E-state index in [-0.39, 0.29) is 11.0 Å². The van der Waals surface area contributed by atoms with Gasteiger partial charge in [0.2, 0.25) is 0 Å². The number of hydrogen-bond donors (Lipinski definition) is 1. The van der Waals surface area contributed by atoms with Crippen molar-refractivity contribution in [2.24, 2.45) is 0 Å². The molecular weight excluding hydrogens is 457 g/mol. The van der Waals surface area contributed by atoms with E-state index < -0.39 is 21.2 Å². The Morgan fingerprint density at radius 1 is 0.875 bits per heavy atom. The van der Waals surface area contributed by atoms with Crippen molar-refractivity contribution >= 4 is 51.4 Å². The van der Waals surface area contributed by atoms with Gasteiger partial charge >= 0.3 is 5.69 Å². The number of aromatic nitrogens is 2. The molecule has 0 spiro atoms. The minimum absolute atomic E-state index is 0.0298. The fourth-order valence-corrected chi connectivity index (χ4v) is 3.45. The molecule has 4 aromatic rings. The third kappa shape index (κ3) is 4.29. The van der Waals surface area contributed by atoms with Gasteiger partial charge in [0.1, 0.15) is 11.2 Å². The highest BCUT2D eigenvalue weighted by molar-refractivity contribution is 6.42. The fraction of sp³-hybridized carbons (Fsp3) is 0.0476. The van der Waals surface area contributed by atoms with Gasteiger partial charge in [-0.1, -0.05) is 59.6 Å². The number of nitrogens with zero attached hydrogens (tertiary/aromatic N) is 4. The first-order valence-electron chi connectivity index (χ1n) is 9.21. The van der Waals surface area contributed by atoms with Crippen molar-refractivity contribution in [2.45, 2.75) is 6.54 Å². The van der Waals surface area contributed by atoms with Gasteiger partial charge in [-0.2, -0.15) is 0 Å². The van der Waals surface area contributed by atoms with Crippen molar-refractivity contribution in [3.63, 3.8) is 0 Å².